The van der Waals surface area contributed by atoms with Gasteiger partial charge >= 0.3 is 12.0 Å². The molecule has 0 saturated carbocycles. The molecule has 0 unspecified atom stereocenters. The highest BCUT2D eigenvalue weighted by molar-refractivity contribution is 6.30. The number of anilines is 3. The van der Waals surface area contributed by atoms with E-state index in [1.54, 1.807) is 42.5 Å². The quantitative estimate of drug-likeness (QED) is 0.302. The third-order valence-electron chi connectivity index (χ3n) is 5.97. The minimum Gasteiger partial charge on any atom is -0.487 e. The summed E-state index contributed by atoms with van der Waals surface area (Å²) in [4.78, 5) is 26.8. The molecule has 37 heavy (non-hydrogen) atoms. The number of para-hydroxylation sites is 1. The van der Waals surface area contributed by atoms with Crippen molar-refractivity contribution in [2.75, 3.05) is 35.7 Å². The number of hydrogen-bond acceptors (Lipinski definition) is 5. The molecule has 5 rings (SSSR count). The number of amides is 2. The van der Waals surface area contributed by atoms with Gasteiger partial charge in [-0.25, -0.2) is 9.59 Å². The fourth-order valence-electron chi connectivity index (χ4n) is 4.19. The summed E-state index contributed by atoms with van der Waals surface area (Å²) >= 11 is 5.96. The molecule has 4 aromatic rings. The Labute approximate surface area is 219 Å². The van der Waals surface area contributed by atoms with E-state index < -0.39 is 0 Å². The van der Waals surface area contributed by atoms with E-state index in [9.17, 15) is 9.59 Å². The van der Waals surface area contributed by atoms with Gasteiger partial charge in [-0.3, -0.25) is 0 Å². The van der Waals surface area contributed by atoms with Gasteiger partial charge in [0.25, 0.3) is 0 Å². The number of esters is 1. The lowest BCUT2D eigenvalue weighted by Gasteiger charge is -2.41. The van der Waals surface area contributed by atoms with Crippen LogP contribution >= 0.6 is 11.6 Å². The van der Waals surface area contributed by atoms with Gasteiger partial charge in [0.1, 0.15) is 11.9 Å². The number of benzene rings is 3. The van der Waals surface area contributed by atoms with Crippen molar-refractivity contribution in [3.63, 3.8) is 0 Å². The summed E-state index contributed by atoms with van der Waals surface area (Å²) in [5.74, 6) is 0.327. The first-order chi connectivity index (χ1) is 18.0. The molecule has 1 aliphatic heterocycles. The third kappa shape index (κ3) is 5.54. The fourth-order valence-corrected chi connectivity index (χ4v) is 4.38. The van der Waals surface area contributed by atoms with E-state index in [1.807, 2.05) is 53.4 Å². The molecule has 3 aromatic carbocycles. The zero-order valence-electron chi connectivity index (χ0n) is 20.1. The molecule has 1 aliphatic rings. The SMILES string of the molecule is COC(=O)c1cccc(N2CC(Oc3ccc(NC(=O)Nc4cccc(Cl)c4)cc3)C2)c1-n1cccc1. The Morgan fingerprint density at radius 2 is 1.59 bits per heavy atom. The van der Waals surface area contributed by atoms with Crippen molar-refractivity contribution in [2.45, 2.75) is 6.10 Å². The largest absolute Gasteiger partial charge is 0.487 e. The summed E-state index contributed by atoms with van der Waals surface area (Å²) in [5.41, 5.74) is 3.46. The van der Waals surface area contributed by atoms with E-state index in [-0.39, 0.29) is 18.1 Å². The number of rotatable bonds is 7. The highest BCUT2D eigenvalue weighted by Gasteiger charge is 2.32. The zero-order valence-corrected chi connectivity index (χ0v) is 20.8. The Hall–Kier alpha value is -4.43. The highest BCUT2D eigenvalue weighted by Crippen LogP contribution is 2.33. The zero-order chi connectivity index (χ0) is 25.8. The van der Waals surface area contributed by atoms with Crippen molar-refractivity contribution < 1.29 is 19.1 Å². The molecule has 2 N–H and O–H groups in total. The van der Waals surface area contributed by atoms with Gasteiger partial charge in [0.15, 0.2) is 0 Å². The molecule has 2 amide bonds. The van der Waals surface area contributed by atoms with Crippen LogP contribution < -0.4 is 20.3 Å². The summed E-state index contributed by atoms with van der Waals surface area (Å²) in [6, 6.07) is 23.2. The Morgan fingerprint density at radius 3 is 2.30 bits per heavy atom. The maximum Gasteiger partial charge on any atom is 0.340 e. The van der Waals surface area contributed by atoms with Crippen LogP contribution in [0.4, 0.5) is 21.9 Å². The van der Waals surface area contributed by atoms with Crippen LogP contribution in [0.1, 0.15) is 10.4 Å². The summed E-state index contributed by atoms with van der Waals surface area (Å²) in [6.07, 6.45) is 3.80. The lowest BCUT2D eigenvalue weighted by atomic mass is 10.1. The van der Waals surface area contributed by atoms with Crippen LogP contribution in [0.25, 0.3) is 5.69 Å². The van der Waals surface area contributed by atoms with Gasteiger partial charge < -0.3 is 29.6 Å². The summed E-state index contributed by atoms with van der Waals surface area (Å²) in [7, 11) is 1.38. The number of nitrogens with zero attached hydrogens (tertiary/aromatic N) is 2. The maximum absolute atomic E-state index is 12.4. The van der Waals surface area contributed by atoms with Crippen LogP contribution in [0.3, 0.4) is 0 Å². The maximum atomic E-state index is 12.4. The molecular weight excluding hydrogens is 492 g/mol. The van der Waals surface area contributed by atoms with Gasteiger partial charge in [0, 0.05) is 28.8 Å². The number of hydrogen-bond donors (Lipinski definition) is 2. The van der Waals surface area contributed by atoms with Crippen LogP contribution in [0.15, 0.2) is 91.3 Å². The van der Waals surface area contributed by atoms with Crippen LogP contribution in [0.5, 0.6) is 5.75 Å². The lowest BCUT2D eigenvalue weighted by Crippen LogP contribution is -2.54. The van der Waals surface area contributed by atoms with E-state index >= 15 is 0 Å². The first-order valence-electron chi connectivity index (χ1n) is 11.7. The van der Waals surface area contributed by atoms with Crippen molar-refractivity contribution in [1.29, 1.82) is 0 Å². The molecule has 8 nitrogen and oxygen atoms in total. The van der Waals surface area contributed by atoms with Gasteiger partial charge in [-0.1, -0.05) is 23.7 Å². The second-order valence-electron chi connectivity index (χ2n) is 8.51. The summed E-state index contributed by atoms with van der Waals surface area (Å²) in [6.45, 7) is 1.34. The smallest absolute Gasteiger partial charge is 0.340 e. The van der Waals surface area contributed by atoms with Crippen molar-refractivity contribution in [3.8, 4) is 11.4 Å². The van der Waals surface area contributed by atoms with Crippen molar-refractivity contribution in [2.24, 2.45) is 0 Å². The number of urea groups is 1. The first-order valence-corrected chi connectivity index (χ1v) is 12.1. The Bertz CT molecular complexity index is 1400. The van der Waals surface area contributed by atoms with Gasteiger partial charge in [-0.15, -0.1) is 0 Å². The highest BCUT2D eigenvalue weighted by atomic mass is 35.5. The first kappa shape index (κ1) is 24.3. The fraction of sp³-hybridized carbons (Fsp3) is 0.143. The minimum absolute atomic E-state index is 0.00997. The van der Waals surface area contributed by atoms with E-state index in [0.29, 0.717) is 40.8 Å². The van der Waals surface area contributed by atoms with Crippen LogP contribution in [-0.4, -0.2) is 42.9 Å². The topological polar surface area (TPSA) is 84.8 Å². The summed E-state index contributed by atoms with van der Waals surface area (Å²) < 4.78 is 13.0. The predicted octanol–water partition coefficient (Wildman–Crippen LogP) is 5.83. The average molecular weight is 517 g/mol. The number of nitrogens with one attached hydrogen (secondary N) is 2. The van der Waals surface area contributed by atoms with E-state index in [0.717, 1.165) is 11.4 Å². The number of halogens is 1. The van der Waals surface area contributed by atoms with Crippen molar-refractivity contribution in [3.05, 3.63) is 102 Å². The van der Waals surface area contributed by atoms with E-state index in [4.69, 9.17) is 21.1 Å². The Kier molecular flexibility index (Phi) is 7.00. The Morgan fingerprint density at radius 1 is 0.892 bits per heavy atom. The van der Waals surface area contributed by atoms with E-state index in [1.165, 1.54) is 7.11 Å². The molecule has 0 spiro atoms. The second kappa shape index (κ2) is 10.7. The van der Waals surface area contributed by atoms with Crippen molar-refractivity contribution >= 4 is 40.7 Å². The molecule has 0 bridgehead atoms. The van der Waals surface area contributed by atoms with Gasteiger partial charge in [-0.05, 0) is 66.7 Å². The van der Waals surface area contributed by atoms with Crippen LogP contribution in [0, 0.1) is 0 Å². The summed E-state index contributed by atoms with van der Waals surface area (Å²) in [5, 5.41) is 6.08. The lowest BCUT2D eigenvalue weighted by molar-refractivity contribution is 0.0600. The predicted molar refractivity (Wildman–Crippen MR) is 144 cm³/mol. The molecule has 0 aliphatic carbocycles. The number of ether oxygens (including phenoxy) is 2. The average Bonchev–Trinajstić information content (AvgIpc) is 3.41. The molecule has 1 fully saturated rings. The Balaban J connectivity index is 1.19. The number of carbonyl (C=O) groups excluding carboxylic acids is 2. The minimum atomic E-state index is -0.381. The molecule has 0 atom stereocenters. The monoisotopic (exact) mass is 516 g/mol. The standard InChI is InChI=1S/C28H25ClN4O4/c1-36-27(34)24-8-5-9-25(26(24)32-14-2-3-15-32)33-17-23(18-33)37-22-12-10-20(11-13-22)30-28(35)31-21-7-4-6-19(29)16-21/h2-16,23H,17-18H2,1H3,(H2,30,31,35). The number of methoxy groups -OCH3 is 1. The normalized spacial score (nSPS) is 13.0. The van der Waals surface area contributed by atoms with Crippen LogP contribution in [-0.2, 0) is 4.74 Å². The van der Waals surface area contributed by atoms with Crippen molar-refractivity contribution in [1.82, 2.24) is 4.57 Å². The van der Waals surface area contributed by atoms with Gasteiger partial charge in [0.05, 0.1) is 37.1 Å². The number of aromatic nitrogens is 1. The molecule has 188 valence electrons. The second-order valence-corrected chi connectivity index (χ2v) is 8.95. The van der Waals surface area contributed by atoms with Crippen LogP contribution in [0.2, 0.25) is 5.02 Å². The molecule has 9 heteroatoms. The van der Waals surface area contributed by atoms with Gasteiger partial charge in [-0.2, -0.15) is 0 Å². The third-order valence-corrected chi connectivity index (χ3v) is 6.20. The molecular formula is C28H25ClN4O4. The molecule has 2 heterocycles. The molecule has 0 radical (unpaired) electrons. The molecule has 1 saturated heterocycles. The van der Waals surface area contributed by atoms with E-state index in [2.05, 4.69) is 15.5 Å². The number of carbonyl (C=O) groups is 2. The van der Waals surface area contributed by atoms with Gasteiger partial charge in [0.2, 0.25) is 0 Å². The molecule has 1 aromatic heterocycles.